The zero-order chi connectivity index (χ0) is 27.3. The Bertz CT molecular complexity index is 900. The zero-order valence-electron chi connectivity index (χ0n) is 24.6. The maximum Gasteiger partial charge on any atom is 0.222 e. The number of hydrogen-bond acceptors (Lipinski definition) is 5. The van der Waals surface area contributed by atoms with Gasteiger partial charge in [0.05, 0.1) is 6.10 Å². The van der Waals surface area contributed by atoms with Crippen LogP contribution in [0.4, 0.5) is 0 Å². The minimum atomic E-state index is -0.906. The molecule has 0 heterocycles. The average molecular weight is 517 g/mol. The number of fused-ring (bicyclic) bond motifs is 5. The first kappa shape index (κ1) is 28.8. The molecule has 0 spiro atoms. The van der Waals surface area contributed by atoms with Crippen LogP contribution in [0, 0.1) is 46.3 Å². The molecule has 0 bridgehead atoms. The number of hydrogen-bond donors (Lipinski definition) is 1. The Kier molecular flexibility index (Phi) is 8.34. The summed E-state index contributed by atoms with van der Waals surface area (Å²) < 4.78 is 6.01. The minimum Gasteiger partial charge on any atom is -0.356 e. The highest BCUT2D eigenvalue weighted by Crippen LogP contribution is 2.68. The van der Waals surface area contributed by atoms with E-state index in [2.05, 4.69) is 26.8 Å². The quantitative estimate of drug-likeness (QED) is 0.376. The third kappa shape index (κ3) is 4.96. The van der Waals surface area contributed by atoms with Gasteiger partial charge in [0, 0.05) is 26.4 Å². The Morgan fingerprint density at radius 2 is 1.73 bits per heavy atom. The van der Waals surface area contributed by atoms with Crippen molar-refractivity contribution in [3.05, 3.63) is 11.6 Å². The van der Waals surface area contributed by atoms with Crippen molar-refractivity contribution in [2.75, 3.05) is 28.2 Å². The van der Waals surface area contributed by atoms with Gasteiger partial charge in [-0.3, -0.25) is 14.5 Å². The summed E-state index contributed by atoms with van der Waals surface area (Å²) in [5, 5.41) is 10.3. The number of rotatable bonds is 7. The lowest BCUT2D eigenvalue weighted by Gasteiger charge is -2.61. The molecule has 4 saturated carbocycles. The van der Waals surface area contributed by atoms with E-state index in [0.29, 0.717) is 35.9 Å². The molecule has 4 rings (SSSR count). The molecule has 0 aromatic heterocycles. The molecular formula is C31H52N2O4. The number of ketones is 1. The molecule has 4 aliphatic carbocycles. The molecule has 37 heavy (non-hydrogen) atoms. The van der Waals surface area contributed by atoms with Crippen LogP contribution in [0.2, 0.25) is 0 Å². The van der Waals surface area contributed by atoms with E-state index in [1.165, 1.54) is 12.8 Å². The molecule has 0 aromatic rings. The van der Waals surface area contributed by atoms with Crippen molar-refractivity contribution in [3.8, 4) is 0 Å². The highest BCUT2D eigenvalue weighted by Gasteiger charge is 2.64. The average Bonchev–Trinajstić information content (AvgIpc) is 3.20. The van der Waals surface area contributed by atoms with Crippen molar-refractivity contribution in [1.82, 2.24) is 9.80 Å². The Balaban J connectivity index is 1.54. The Hall–Kier alpha value is -1.24. The molecular weight excluding hydrogens is 464 g/mol. The van der Waals surface area contributed by atoms with Crippen LogP contribution in [0.5, 0.6) is 0 Å². The first-order valence-electron chi connectivity index (χ1n) is 14.8. The standard InChI is InChI=1S/C31H52N2O4/c1-9-21-25-18-20(37-29(36)33(7)8)14-16-31(25,4)24-15-17-30(3)22(11-12-23(30)27(24)28(21)35)19(2)10-13-26(34)32(5)6/h9,19-20,22-25,27,29,36H,10-18H2,1-8H3/b21-9+/t19-,20+,22?,23?,24?,25?,27?,29?,30+,31+/m0/s1. The van der Waals surface area contributed by atoms with Crippen molar-refractivity contribution >= 4 is 11.7 Å². The van der Waals surface area contributed by atoms with Gasteiger partial charge in [-0.1, -0.05) is 26.8 Å². The van der Waals surface area contributed by atoms with Crippen LogP contribution in [0.15, 0.2) is 11.6 Å². The fraction of sp³-hybridized carbons (Fsp3) is 0.871. The summed E-state index contributed by atoms with van der Waals surface area (Å²) in [7, 11) is 7.32. The first-order valence-corrected chi connectivity index (χ1v) is 14.8. The summed E-state index contributed by atoms with van der Waals surface area (Å²) >= 11 is 0. The third-order valence-corrected chi connectivity index (χ3v) is 11.5. The van der Waals surface area contributed by atoms with Gasteiger partial charge in [0.15, 0.2) is 5.78 Å². The number of amides is 1. The van der Waals surface area contributed by atoms with Gasteiger partial charge in [0.1, 0.15) is 0 Å². The second-order valence-corrected chi connectivity index (χ2v) is 13.8. The van der Waals surface area contributed by atoms with Gasteiger partial charge in [-0.05, 0) is 118 Å². The maximum atomic E-state index is 14.3. The van der Waals surface area contributed by atoms with E-state index in [1.54, 1.807) is 9.80 Å². The van der Waals surface area contributed by atoms with Crippen molar-refractivity contribution in [2.45, 2.75) is 98.0 Å². The van der Waals surface area contributed by atoms with Crippen LogP contribution in [0.1, 0.15) is 85.5 Å². The van der Waals surface area contributed by atoms with Crippen molar-refractivity contribution < 1.29 is 19.4 Å². The van der Waals surface area contributed by atoms with Crippen LogP contribution >= 0.6 is 0 Å². The molecule has 0 radical (unpaired) electrons. The number of aliphatic hydroxyl groups is 1. The van der Waals surface area contributed by atoms with E-state index in [9.17, 15) is 14.7 Å². The summed E-state index contributed by atoms with van der Waals surface area (Å²) in [6.45, 7) is 9.30. The highest BCUT2D eigenvalue weighted by molar-refractivity contribution is 5.99. The minimum absolute atomic E-state index is 0.0229. The normalized spacial score (nSPS) is 42.2. The lowest BCUT2D eigenvalue weighted by atomic mass is 9.43. The van der Waals surface area contributed by atoms with Crippen molar-refractivity contribution in [2.24, 2.45) is 46.3 Å². The Morgan fingerprint density at radius 3 is 2.35 bits per heavy atom. The summed E-state index contributed by atoms with van der Waals surface area (Å²) in [5.41, 5.74) is 1.30. The molecule has 0 aromatic carbocycles. The van der Waals surface area contributed by atoms with E-state index < -0.39 is 6.41 Å². The topological polar surface area (TPSA) is 70.1 Å². The van der Waals surface area contributed by atoms with E-state index in [0.717, 1.165) is 44.1 Å². The maximum absolute atomic E-state index is 14.3. The molecule has 1 N–H and O–H groups in total. The molecule has 4 aliphatic rings. The van der Waals surface area contributed by atoms with Crippen LogP contribution in [0.3, 0.4) is 0 Å². The Labute approximate surface area is 225 Å². The molecule has 210 valence electrons. The summed E-state index contributed by atoms with van der Waals surface area (Å²) in [6, 6.07) is 0. The van der Waals surface area contributed by atoms with Crippen LogP contribution < -0.4 is 0 Å². The van der Waals surface area contributed by atoms with Crippen LogP contribution in [0.25, 0.3) is 0 Å². The number of carbonyl (C=O) groups is 2. The van der Waals surface area contributed by atoms with Crippen molar-refractivity contribution in [1.29, 1.82) is 0 Å². The van der Waals surface area contributed by atoms with Gasteiger partial charge >= 0.3 is 0 Å². The molecule has 1 amide bonds. The van der Waals surface area contributed by atoms with Gasteiger partial charge in [0.2, 0.25) is 12.3 Å². The number of allylic oxidation sites excluding steroid dienone is 2. The number of aliphatic hydroxyl groups excluding tert-OH is 1. The lowest BCUT2D eigenvalue weighted by Crippen LogP contribution is -2.58. The fourth-order valence-corrected chi connectivity index (χ4v) is 9.34. The second-order valence-electron chi connectivity index (χ2n) is 13.8. The number of Topliss-reactive ketones (excluding diaryl/α,β-unsaturated/α-hetero) is 1. The van der Waals surface area contributed by atoms with Gasteiger partial charge in [0.25, 0.3) is 0 Å². The number of ether oxygens (including phenoxy) is 1. The molecule has 0 aliphatic heterocycles. The largest absolute Gasteiger partial charge is 0.356 e. The smallest absolute Gasteiger partial charge is 0.222 e. The van der Waals surface area contributed by atoms with Gasteiger partial charge < -0.3 is 14.7 Å². The number of carbonyl (C=O) groups excluding carboxylic acids is 2. The summed E-state index contributed by atoms with van der Waals surface area (Å²) in [5.74, 6) is 2.88. The molecule has 4 fully saturated rings. The lowest BCUT2D eigenvalue weighted by molar-refractivity contribution is -0.221. The molecule has 0 saturated heterocycles. The van der Waals surface area contributed by atoms with E-state index >= 15 is 0 Å². The molecule has 6 heteroatoms. The van der Waals surface area contributed by atoms with Crippen LogP contribution in [-0.4, -0.2) is 67.3 Å². The third-order valence-electron chi connectivity index (χ3n) is 11.5. The van der Waals surface area contributed by atoms with Gasteiger partial charge in [-0.25, -0.2) is 0 Å². The molecule has 6 nitrogen and oxygen atoms in total. The first-order chi connectivity index (χ1) is 17.3. The van der Waals surface area contributed by atoms with Crippen LogP contribution in [-0.2, 0) is 14.3 Å². The SMILES string of the molecule is C/C=C1/C(=O)C2C(CC[C@@]3(C)C2CCC3[C@@H](C)CCC(=O)N(C)C)[C@@]2(C)CC[C@@H](OC(O)N(C)C)CC12. The summed E-state index contributed by atoms with van der Waals surface area (Å²) in [6.07, 6.45) is 10.2. The zero-order valence-corrected chi connectivity index (χ0v) is 24.6. The predicted octanol–water partition coefficient (Wildman–Crippen LogP) is 5.11. The second kappa shape index (κ2) is 10.7. The predicted molar refractivity (Wildman–Crippen MR) is 146 cm³/mol. The Morgan fingerprint density at radius 1 is 1.08 bits per heavy atom. The highest BCUT2D eigenvalue weighted by atomic mass is 16.6. The van der Waals surface area contributed by atoms with E-state index in [4.69, 9.17) is 4.74 Å². The fourth-order valence-electron chi connectivity index (χ4n) is 9.34. The summed E-state index contributed by atoms with van der Waals surface area (Å²) in [4.78, 5) is 29.9. The monoisotopic (exact) mass is 516 g/mol. The molecule has 6 unspecified atom stereocenters. The number of nitrogens with zero attached hydrogens (tertiary/aromatic N) is 2. The van der Waals surface area contributed by atoms with E-state index in [1.807, 2.05) is 35.1 Å². The van der Waals surface area contributed by atoms with Gasteiger partial charge in [-0.15, -0.1) is 0 Å². The van der Waals surface area contributed by atoms with E-state index in [-0.39, 0.29) is 34.7 Å². The van der Waals surface area contributed by atoms with Gasteiger partial charge in [-0.2, -0.15) is 0 Å². The van der Waals surface area contributed by atoms with Crippen molar-refractivity contribution in [3.63, 3.8) is 0 Å². The molecule has 10 atom stereocenters.